The van der Waals surface area contributed by atoms with Crippen LogP contribution in [0.25, 0.3) is 0 Å². The van der Waals surface area contributed by atoms with Crippen molar-refractivity contribution in [1.29, 1.82) is 0 Å². The molecule has 4 saturated carbocycles. The van der Waals surface area contributed by atoms with E-state index in [9.17, 15) is 0 Å². The molecular weight excluding hydrogens is 276 g/mol. The molecule has 0 aromatic carbocycles. The minimum absolute atomic E-state index is 0.982. The minimum Gasteiger partial charge on any atom is -0.0848 e. The largest absolute Gasteiger partial charge is 0.0848 e. The highest BCUT2D eigenvalue weighted by Crippen LogP contribution is 2.56. The van der Waals surface area contributed by atoms with E-state index in [1.165, 1.54) is 57.8 Å². The number of fused-ring (bicyclic) bond motifs is 10. The molecule has 6 rings (SSSR count). The van der Waals surface area contributed by atoms with Gasteiger partial charge in [-0.15, -0.1) is 0 Å². The molecule has 0 aromatic heterocycles. The first-order valence-electron chi connectivity index (χ1n) is 10.7. The summed E-state index contributed by atoms with van der Waals surface area (Å²) >= 11 is 0. The van der Waals surface area contributed by atoms with E-state index in [-0.39, 0.29) is 0 Å². The normalized spacial score (nSPS) is 54.6. The second-order valence-corrected chi connectivity index (χ2v) is 9.66. The fourth-order valence-electron chi connectivity index (χ4n) is 7.72. The van der Waals surface area contributed by atoms with Crippen LogP contribution in [0.2, 0.25) is 0 Å². The summed E-state index contributed by atoms with van der Waals surface area (Å²) in [5.41, 5.74) is 0. The van der Waals surface area contributed by atoms with E-state index in [0.29, 0.717) is 0 Å². The molecule has 6 aliphatic rings. The van der Waals surface area contributed by atoms with Crippen LogP contribution >= 0.6 is 0 Å². The zero-order valence-corrected chi connectivity index (χ0v) is 14.9. The molecule has 4 fully saturated rings. The van der Waals surface area contributed by atoms with Crippen molar-refractivity contribution in [2.45, 2.75) is 64.7 Å². The van der Waals surface area contributed by atoms with Crippen molar-refractivity contribution in [1.82, 2.24) is 0 Å². The summed E-state index contributed by atoms with van der Waals surface area (Å²) in [6.07, 6.45) is 23.6. The minimum atomic E-state index is 0.982. The summed E-state index contributed by atoms with van der Waals surface area (Å²) in [6.45, 7) is 2.48. The van der Waals surface area contributed by atoms with Crippen LogP contribution in [0.4, 0.5) is 0 Å². The van der Waals surface area contributed by atoms with Crippen LogP contribution < -0.4 is 0 Å². The maximum Gasteiger partial charge on any atom is -0.0194 e. The number of hydrogen-bond donors (Lipinski definition) is 0. The summed E-state index contributed by atoms with van der Waals surface area (Å²) < 4.78 is 0. The van der Waals surface area contributed by atoms with E-state index in [1.807, 2.05) is 0 Å². The lowest BCUT2D eigenvalue weighted by Crippen LogP contribution is -2.29. The number of allylic oxidation sites excluding steroid dienone is 4. The Morgan fingerprint density at radius 2 is 1.09 bits per heavy atom. The van der Waals surface area contributed by atoms with Crippen molar-refractivity contribution in [2.24, 2.45) is 53.3 Å². The second kappa shape index (κ2) is 5.78. The first kappa shape index (κ1) is 14.8. The molecule has 0 aromatic rings. The van der Waals surface area contributed by atoms with Crippen LogP contribution in [0.1, 0.15) is 64.7 Å². The van der Waals surface area contributed by atoms with E-state index < -0.39 is 0 Å². The van der Waals surface area contributed by atoms with Gasteiger partial charge in [0.05, 0.1) is 0 Å². The van der Waals surface area contributed by atoms with Gasteiger partial charge in [-0.3, -0.25) is 0 Å². The molecule has 0 heteroatoms. The van der Waals surface area contributed by atoms with Crippen molar-refractivity contribution < 1.29 is 0 Å². The average Bonchev–Trinajstić information content (AvgIpc) is 3.36. The van der Waals surface area contributed by atoms with Crippen molar-refractivity contribution in [3.8, 4) is 0 Å². The quantitative estimate of drug-likeness (QED) is 0.464. The van der Waals surface area contributed by atoms with Gasteiger partial charge >= 0.3 is 0 Å². The van der Waals surface area contributed by atoms with Gasteiger partial charge in [0, 0.05) is 0 Å². The molecule has 126 valence electrons. The van der Waals surface area contributed by atoms with Crippen molar-refractivity contribution >= 4 is 0 Å². The third kappa shape index (κ3) is 2.38. The Morgan fingerprint density at radius 1 is 0.565 bits per heavy atom. The first-order valence-corrected chi connectivity index (χ1v) is 10.7. The van der Waals surface area contributed by atoms with Crippen LogP contribution in [0.5, 0.6) is 0 Å². The highest BCUT2D eigenvalue weighted by molar-refractivity contribution is 5.15. The van der Waals surface area contributed by atoms with Gasteiger partial charge in [0.2, 0.25) is 0 Å². The SMILES string of the molecule is C1=CC2CC1C1CCCCC21.CC1CCCC2C3C=CC(C3)C12. The van der Waals surface area contributed by atoms with E-state index in [4.69, 9.17) is 0 Å². The Morgan fingerprint density at radius 3 is 1.74 bits per heavy atom. The summed E-state index contributed by atoms with van der Waals surface area (Å²) in [5.74, 6) is 9.38. The third-order valence-electron chi connectivity index (χ3n) is 8.67. The van der Waals surface area contributed by atoms with Gasteiger partial charge in [0.25, 0.3) is 0 Å². The molecule has 0 radical (unpaired) electrons. The Balaban J connectivity index is 0.000000106. The Bertz CT molecular complexity index is 480. The van der Waals surface area contributed by atoms with Gasteiger partial charge in [-0.2, -0.15) is 0 Å². The molecule has 0 aliphatic heterocycles. The van der Waals surface area contributed by atoms with E-state index in [2.05, 4.69) is 31.2 Å². The molecule has 23 heavy (non-hydrogen) atoms. The molecule has 0 amide bonds. The lowest BCUT2D eigenvalue weighted by molar-refractivity contribution is 0.152. The maximum absolute atomic E-state index is 2.51. The average molecular weight is 311 g/mol. The third-order valence-corrected chi connectivity index (χ3v) is 8.67. The standard InChI is InChI=1S/C12H18.C11H16/c1-8-3-2-4-11-9-5-6-10(7-9)12(8)11;1-2-4-11-9-6-5-8(7-9)10(11)3-1/h5-6,8-12H,2-4,7H2,1H3;5-6,8-11H,1-4,7H2. The van der Waals surface area contributed by atoms with Gasteiger partial charge in [0.15, 0.2) is 0 Å². The van der Waals surface area contributed by atoms with Gasteiger partial charge in [0.1, 0.15) is 0 Å². The fourth-order valence-corrected chi connectivity index (χ4v) is 7.72. The van der Waals surface area contributed by atoms with E-state index >= 15 is 0 Å². The van der Waals surface area contributed by atoms with Crippen LogP contribution in [0.15, 0.2) is 24.3 Å². The predicted molar refractivity (Wildman–Crippen MR) is 96.9 cm³/mol. The van der Waals surface area contributed by atoms with Gasteiger partial charge in [-0.05, 0) is 85.4 Å². The Kier molecular flexibility index (Phi) is 3.72. The smallest absolute Gasteiger partial charge is 0.0194 e. The Labute approximate surface area is 142 Å². The van der Waals surface area contributed by atoms with Crippen molar-refractivity contribution in [3.63, 3.8) is 0 Å². The van der Waals surface area contributed by atoms with Crippen LogP contribution in [0.3, 0.4) is 0 Å². The molecule has 4 bridgehead atoms. The molecular formula is C23H34. The Hall–Kier alpha value is -0.520. The van der Waals surface area contributed by atoms with Crippen LogP contribution in [-0.2, 0) is 0 Å². The lowest BCUT2D eigenvalue weighted by atomic mass is 9.68. The topological polar surface area (TPSA) is 0 Å². The monoisotopic (exact) mass is 310 g/mol. The number of hydrogen-bond acceptors (Lipinski definition) is 0. The zero-order chi connectivity index (χ0) is 15.4. The first-order chi connectivity index (χ1) is 11.3. The number of rotatable bonds is 0. The molecule has 9 unspecified atom stereocenters. The fraction of sp³-hybridized carbons (Fsp3) is 0.826. The lowest BCUT2D eigenvalue weighted by Gasteiger charge is -2.37. The predicted octanol–water partition coefficient (Wildman–Crippen LogP) is 6.24. The maximum atomic E-state index is 2.51. The van der Waals surface area contributed by atoms with E-state index in [0.717, 1.165) is 53.3 Å². The van der Waals surface area contributed by atoms with Crippen LogP contribution in [-0.4, -0.2) is 0 Å². The van der Waals surface area contributed by atoms with Gasteiger partial charge in [-0.1, -0.05) is 56.9 Å². The van der Waals surface area contributed by atoms with Gasteiger partial charge in [-0.25, -0.2) is 0 Å². The molecule has 0 heterocycles. The molecule has 6 aliphatic carbocycles. The molecule has 0 nitrogen and oxygen atoms in total. The second-order valence-electron chi connectivity index (χ2n) is 9.66. The molecule has 0 spiro atoms. The summed E-state index contributed by atoms with van der Waals surface area (Å²) in [4.78, 5) is 0. The summed E-state index contributed by atoms with van der Waals surface area (Å²) in [7, 11) is 0. The highest BCUT2D eigenvalue weighted by Gasteiger charge is 2.47. The summed E-state index contributed by atoms with van der Waals surface area (Å²) in [5, 5.41) is 0. The van der Waals surface area contributed by atoms with Crippen LogP contribution in [0, 0.1) is 53.3 Å². The highest BCUT2D eigenvalue weighted by atomic mass is 14.5. The zero-order valence-electron chi connectivity index (χ0n) is 14.9. The summed E-state index contributed by atoms with van der Waals surface area (Å²) in [6, 6.07) is 0. The molecule has 0 saturated heterocycles. The van der Waals surface area contributed by atoms with E-state index in [1.54, 1.807) is 0 Å². The van der Waals surface area contributed by atoms with Gasteiger partial charge < -0.3 is 0 Å². The van der Waals surface area contributed by atoms with Crippen molar-refractivity contribution in [3.05, 3.63) is 24.3 Å². The molecule has 0 N–H and O–H groups in total. The van der Waals surface area contributed by atoms with Crippen molar-refractivity contribution in [2.75, 3.05) is 0 Å². The molecule has 9 atom stereocenters.